The van der Waals surface area contributed by atoms with Gasteiger partial charge in [-0.3, -0.25) is 19.6 Å². The summed E-state index contributed by atoms with van der Waals surface area (Å²) in [6.07, 6.45) is -1.56. The van der Waals surface area contributed by atoms with Crippen LogP contribution >= 0.6 is 0 Å². The van der Waals surface area contributed by atoms with Crippen LogP contribution in [0.25, 0.3) is 0 Å². The van der Waals surface area contributed by atoms with Crippen molar-refractivity contribution in [3.8, 4) is 0 Å². The molecule has 4 aromatic rings. The summed E-state index contributed by atoms with van der Waals surface area (Å²) in [5, 5.41) is 2.74. The minimum Gasteiger partial charge on any atom is -0.351 e. The number of sulfonamides is 1. The van der Waals surface area contributed by atoms with Crippen molar-refractivity contribution in [2.75, 3.05) is 16.0 Å². The quantitative estimate of drug-likeness (QED) is 0.307. The van der Waals surface area contributed by atoms with Gasteiger partial charge in [0.2, 0.25) is 10.0 Å². The van der Waals surface area contributed by atoms with Gasteiger partial charge in [-0.25, -0.2) is 18.1 Å². The Labute approximate surface area is 253 Å². The van der Waals surface area contributed by atoms with E-state index in [-0.39, 0.29) is 5.69 Å². The van der Waals surface area contributed by atoms with Crippen molar-refractivity contribution in [1.29, 1.82) is 0 Å². The number of imide groups is 1. The zero-order valence-electron chi connectivity index (χ0n) is 23.1. The molecule has 11 nitrogen and oxygen atoms in total. The lowest BCUT2D eigenvalue weighted by Gasteiger charge is -2.21. The van der Waals surface area contributed by atoms with E-state index < -0.39 is 45.8 Å². The van der Waals surface area contributed by atoms with Gasteiger partial charge < -0.3 is 11.1 Å². The van der Waals surface area contributed by atoms with Crippen molar-refractivity contribution >= 4 is 50.7 Å². The number of amides is 4. The molecule has 0 saturated carbocycles. The normalized spacial score (nSPS) is 18.1. The molecule has 44 heavy (non-hydrogen) atoms. The number of nitrogens with two attached hydrogens (primary N) is 1. The van der Waals surface area contributed by atoms with Crippen LogP contribution in [0.1, 0.15) is 22.3 Å². The van der Waals surface area contributed by atoms with E-state index in [9.17, 15) is 22.8 Å². The highest BCUT2D eigenvalue weighted by Gasteiger charge is 2.38. The summed E-state index contributed by atoms with van der Waals surface area (Å²) >= 11 is 0. The second-order valence-corrected chi connectivity index (χ2v) is 11.9. The number of carbonyl (C=O) groups excluding carboxylic acids is 3. The van der Waals surface area contributed by atoms with Gasteiger partial charge in [-0.1, -0.05) is 97.1 Å². The first kappa shape index (κ1) is 28.6. The number of rotatable bonds is 6. The number of carbonyl (C=O) groups is 3. The van der Waals surface area contributed by atoms with Crippen molar-refractivity contribution < 1.29 is 22.8 Å². The molecule has 4 N–H and O–H groups in total. The van der Waals surface area contributed by atoms with Crippen molar-refractivity contribution in [3.05, 3.63) is 131 Å². The second-order valence-electron chi connectivity index (χ2n) is 10.1. The molecule has 0 saturated heterocycles. The Morgan fingerprint density at radius 3 is 1.95 bits per heavy atom. The minimum absolute atomic E-state index is 0.179. The SMILES string of the molecule is NC(=O)N1C(=O)C(CS(=O)(=O)NC2N=C(c3ccccc3)c3ccccc3NC2=O)N=C(c2ccccc2)c2ccccc21. The van der Waals surface area contributed by atoms with E-state index in [0.29, 0.717) is 39.4 Å². The lowest BCUT2D eigenvalue weighted by atomic mass is 10.0. The van der Waals surface area contributed by atoms with Crippen LogP contribution in [0.4, 0.5) is 16.2 Å². The van der Waals surface area contributed by atoms with Crippen molar-refractivity contribution in [1.82, 2.24) is 4.72 Å². The first-order valence-electron chi connectivity index (χ1n) is 13.6. The highest BCUT2D eigenvalue weighted by Crippen LogP contribution is 2.29. The molecule has 12 heteroatoms. The molecule has 2 unspecified atom stereocenters. The molecular formula is C32H26N6O5S. The lowest BCUT2D eigenvalue weighted by Crippen LogP contribution is -2.50. The summed E-state index contributed by atoms with van der Waals surface area (Å²) in [4.78, 5) is 49.4. The Hall–Kier alpha value is -5.46. The Balaban J connectivity index is 1.39. The van der Waals surface area contributed by atoms with Crippen LogP contribution in [0.5, 0.6) is 0 Å². The van der Waals surface area contributed by atoms with E-state index in [4.69, 9.17) is 5.73 Å². The molecule has 0 fully saturated rings. The average Bonchev–Trinajstić information content (AvgIpc) is 3.23. The standard InChI is InChI=1S/C32H26N6O5S/c33-32(41)38-26-18-10-8-16-23(26)28(21-13-5-2-6-14-21)34-25(31(38)40)19-44(42,43)37-29-30(39)35-24-17-9-7-15-22(24)27(36-29)20-11-3-1-4-12-20/h1-18,25,29,37H,19H2,(H2,33,41)(H,35,39). The number of urea groups is 1. The van der Waals surface area contributed by atoms with Crippen LogP contribution in [-0.2, 0) is 19.6 Å². The van der Waals surface area contributed by atoms with Crippen molar-refractivity contribution in [2.24, 2.45) is 15.7 Å². The monoisotopic (exact) mass is 606 g/mol. The number of benzene rings is 4. The fourth-order valence-corrected chi connectivity index (χ4v) is 6.40. The molecule has 4 amide bonds. The lowest BCUT2D eigenvalue weighted by molar-refractivity contribution is -0.118. The van der Waals surface area contributed by atoms with Gasteiger partial charge in [0.15, 0.2) is 6.17 Å². The fourth-order valence-electron chi connectivity index (χ4n) is 5.17. The summed E-state index contributed by atoms with van der Waals surface area (Å²) in [5.41, 5.74) is 9.30. The Morgan fingerprint density at radius 1 is 0.773 bits per heavy atom. The molecule has 0 aromatic heterocycles. The zero-order chi connectivity index (χ0) is 30.8. The van der Waals surface area contributed by atoms with Gasteiger partial charge in [0.1, 0.15) is 6.04 Å². The highest BCUT2D eigenvalue weighted by atomic mass is 32.2. The summed E-state index contributed by atoms with van der Waals surface area (Å²) in [6, 6.07) is 28.8. The molecule has 2 atom stereocenters. The first-order chi connectivity index (χ1) is 21.2. The molecule has 220 valence electrons. The molecule has 0 aliphatic carbocycles. The molecule has 2 heterocycles. The predicted molar refractivity (Wildman–Crippen MR) is 167 cm³/mol. The van der Waals surface area contributed by atoms with E-state index in [0.717, 1.165) is 4.90 Å². The number of primary amides is 1. The number of nitrogens with one attached hydrogen (secondary N) is 2. The second kappa shape index (κ2) is 11.7. The summed E-state index contributed by atoms with van der Waals surface area (Å²) in [6.45, 7) is 0. The third kappa shape index (κ3) is 5.63. The van der Waals surface area contributed by atoms with Crippen LogP contribution in [-0.4, -0.2) is 55.6 Å². The van der Waals surface area contributed by atoms with E-state index in [2.05, 4.69) is 20.0 Å². The topological polar surface area (TPSA) is 163 Å². The van der Waals surface area contributed by atoms with Crippen LogP contribution in [0.2, 0.25) is 0 Å². The summed E-state index contributed by atoms with van der Waals surface area (Å²) in [7, 11) is -4.44. The molecular weight excluding hydrogens is 580 g/mol. The molecule has 0 radical (unpaired) electrons. The molecule has 6 rings (SSSR count). The van der Waals surface area contributed by atoms with Gasteiger partial charge in [-0.2, -0.15) is 4.72 Å². The van der Waals surface area contributed by atoms with Gasteiger partial charge >= 0.3 is 6.03 Å². The van der Waals surface area contributed by atoms with Crippen LogP contribution in [0, 0.1) is 0 Å². The fraction of sp³-hybridized carbons (Fsp3) is 0.0938. The predicted octanol–water partition coefficient (Wildman–Crippen LogP) is 3.05. The molecule has 4 aromatic carbocycles. The Bertz CT molecular complexity index is 1940. The third-order valence-corrected chi connectivity index (χ3v) is 8.46. The molecule has 0 spiro atoms. The molecule has 2 aliphatic heterocycles. The number of hydrogen-bond donors (Lipinski definition) is 3. The highest BCUT2D eigenvalue weighted by molar-refractivity contribution is 7.89. The van der Waals surface area contributed by atoms with E-state index in [1.807, 2.05) is 18.2 Å². The van der Waals surface area contributed by atoms with Gasteiger partial charge in [-0.15, -0.1) is 0 Å². The third-order valence-electron chi connectivity index (χ3n) is 7.12. The summed E-state index contributed by atoms with van der Waals surface area (Å²) in [5.74, 6) is -2.52. The number of anilines is 2. The first-order valence-corrected chi connectivity index (χ1v) is 15.3. The largest absolute Gasteiger partial charge is 0.351 e. The average molecular weight is 607 g/mol. The molecule has 2 aliphatic rings. The number of nitrogens with zero attached hydrogens (tertiary/aromatic N) is 3. The van der Waals surface area contributed by atoms with Gasteiger partial charge in [0.05, 0.1) is 28.6 Å². The van der Waals surface area contributed by atoms with Gasteiger partial charge in [0, 0.05) is 22.3 Å². The van der Waals surface area contributed by atoms with E-state index in [1.165, 1.54) is 0 Å². The number of benzodiazepines with no additional fused rings is 2. The van der Waals surface area contributed by atoms with Crippen molar-refractivity contribution in [3.63, 3.8) is 0 Å². The summed E-state index contributed by atoms with van der Waals surface area (Å²) < 4.78 is 29.7. The maximum atomic E-state index is 13.7. The maximum absolute atomic E-state index is 13.7. The number of aliphatic imine (C=N–C) groups is 2. The number of fused-ring (bicyclic) bond motifs is 2. The van der Waals surface area contributed by atoms with E-state index in [1.54, 1.807) is 91.0 Å². The maximum Gasteiger partial charge on any atom is 0.326 e. The number of hydrogen-bond acceptors (Lipinski definition) is 7. The van der Waals surface area contributed by atoms with Crippen LogP contribution in [0.3, 0.4) is 0 Å². The van der Waals surface area contributed by atoms with Gasteiger partial charge in [0.25, 0.3) is 11.8 Å². The van der Waals surface area contributed by atoms with Gasteiger partial charge in [-0.05, 0) is 12.1 Å². The Morgan fingerprint density at radius 2 is 1.32 bits per heavy atom. The molecule has 0 bridgehead atoms. The zero-order valence-corrected chi connectivity index (χ0v) is 23.9. The van der Waals surface area contributed by atoms with Crippen LogP contribution in [0.15, 0.2) is 119 Å². The van der Waals surface area contributed by atoms with Crippen molar-refractivity contribution in [2.45, 2.75) is 12.2 Å². The van der Waals surface area contributed by atoms with Crippen LogP contribution < -0.4 is 20.7 Å². The smallest absolute Gasteiger partial charge is 0.326 e. The number of para-hydroxylation sites is 2. The Kier molecular flexibility index (Phi) is 7.60. The minimum atomic E-state index is -4.44. The van der Waals surface area contributed by atoms with E-state index >= 15 is 0 Å².